The van der Waals surface area contributed by atoms with Crippen LogP contribution in [-0.4, -0.2) is 22.1 Å². The van der Waals surface area contributed by atoms with E-state index in [0.717, 1.165) is 10.9 Å². The fourth-order valence-electron chi connectivity index (χ4n) is 1.85. The molecule has 4 nitrogen and oxygen atoms in total. The van der Waals surface area contributed by atoms with Gasteiger partial charge in [-0.3, -0.25) is 9.36 Å². The summed E-state index contributed by atoms with van der Waals surface area (Å²) in [4.78, 5) is 11.6. The molecule has 0 bridgehead atoms. The van der Waals surface area contributed by atoms with Crippen LogP contribution < -0.4 is 5.73 Å². The molecule has 2 aromatic rings. The molecule has 4 heteroatoms. The van der Waals surface area contributed by atoms with Gasteiger partial charge in [0.15, 0.2) is 0 Å². The first-order valence-electron chi connectivity index (χ1n) is 5.73. The van der Waals surface area contributed by atoms with Crippen molar-refractivity contribution in [2.75, 3.05) is 6.54 Å². The normalized spacial score (nSPS) is 11.7. The van der Waals surface area contributed by atoms with E-state index in [1.165, 1.54) is 10.6 Å². The lowest BCUT2D eigenvalue weighted by Crippen LogP contribution is -2.04. The quantitative estimate of drug-likeness (QED) is 0.804. The predicted molar refractivity (Wildman–Crippen MR) is 62.7 cm³/mol. The number of carbonyl (C=O) groups excluding carboxylic acids is 1. The van der Waals surface area contributed by atoms with Crippen molar-refractivity contribution in [3.8, 4) is 5.75 Å². The molecule has 0 aliphatic rings. The Morgan fingerprint density at radius 1 is 1.62 bits per heavy atom. The molecule has 0 amide bonds. The number of aromatic nitrogens is 1. The summed E-state index contributed by atoms with van der Waals surface area (Å²) < 4.78 is 8.58. The van der Waals surface area contributed by atoms with E-state index < -0.39 is 0 Å². The number of aromatic hydroxyl groups is 1. The second-order valence-electron chi connectivity index (χ2n) is 3.66. The lowest BCUT2D eigenvalue weighted by Gasteiger charge is -1.98. The molecular weight excluding hydrogens is 204 g/mol. The Hall–Kier alpha value is -1.81. The van der Waals surface area contributed by atoms with Crippen LogP contribution in [0.4, 0.5) is 0 Å². The van der Waals surface area contributed by atoms with E-state index in [0.29, 0.717) is 18.5 Å². The van der Waals surface area contributed by atoms with Crippen LogP contribution in [0.1, 0.15) is 18.6 Å². The molecule has 0 aliphatic heterocycles. The van der Waals surface area contributed by atoms with Gasteiger partial charge < -0.3 is 10.8 Å². The van der Waals surface area contributed by atoms with E-state index >= 15 is 0 Å². The van der Waals surface area contributed by atoms with E-state index in [2.05, 4.69) is 0 Å². The molecule has 0 radical (unpaired) electrons. The molecule has 2 rings (SSSR count). The third-order valence-corrected chi connectivity index (χ3v) is 2.55. The molecule has 0 aliphatic carbocycles. The Bertz CT molecular complexity index is 563. The molecule has 16 heavy (non-hydrogen) atoms. The highest BCUT2D eigenvalue weighted by molar-refractivity contribution is 5.94. The van der Waals surface area contributed by atoms with Gasteiger partial charge in [0.1, 0.15) is 5.75 Å². The first-order valence-corrected chi connectivity index (χ1v) is 5.03. The van der Waals surface area contributed by atoms with Gasteiger partial charge in [-0.05, 0) is 36.7 Å². The molecule has 0 atom stereocenters. The zero-order chi connectivity index (χ0) is 12.4. The van der Waals surface area contributed by atoms with Gasteiger partial charge in [0, 0.05) is 19.9 Å². The molecule has 0 fully saturated rings. The van der Waals surface area contributed by atoms with Crippen molar-refractivity contribution in [3.05, 3.63) is 30.0 Å². The van der Waals surface area contributed by atoms with E-state index in [-0.39, 0.29) is 18.6 Å². The first kappa shape index (κ1) is 9.42. The Morgan fingerprint density at radius 2 is 2.44 bits per heavy atom. The Kier molecular flexibility index (Phi) is 2.34. The van der Waals surface area contributed by atoms with Crippen molar-refractivity contribution < 1.29 is 11.3 Å². The molecule has 84 valence electrons. The van der Waals surface area contributed by atoms with Gasteiger partial charge in [-0.15, -0.1) is 0 Å². The van der Waals surface area contributed by atoms with Crippen molar-refractivity contribution in [1.29, 1.82) is 0 Å². The van der Waals surface area contributed by atoms with Crippen LogP contribution in [0, 0.1) is 0 Å². The van der Waals surface area contributed by atoms with Crippen LogP contribution in [0.15, 0.2) is 24.4 Å². The molecule has 1 aromatic heterocycles. The van der Waals surface area contributed by atoms with Crippen LogP contribution in [-0.2, 0) is 6.42 Å². The van der Waals surface area contributed by atoms with Gasteiger partial charge in [-0.2, -0.15) is 0 Å². The Labute approximate surface area is 94.7 Å². The molecule has 0 saturated heterocycles. The van der Waals surface area contributed by atoms with Crippen molar-refractivity contribution in [1.82, 2.24) is 4.57 Å². The topological polar surface area (TPSA) is 68.2 Å². The standard InChI is InChI=1S/C12H14N2O2/c1-8(15)14-7-9(4-5-13)11-6-10(16)2-3-12(11)14/h2-3,6-7,16H,4-5,13H2,1H3/i1D. The minimum atomic E-state index is -0.299. The fourth-order valence-corrected chi connectivity index (χ4v) is 1.85. The van der Waals surface area contributed by atoms with Crippen LogP contribution in [0.25, 0.3) is 10.9 Å². The molecule has 0 saturated carbocycles. The summed E-state index contributed by atoms with van der Waals surface area (Å²) >= 11 is 0. The number of phenolic OH excluding ortho intramolecular Hbond substituents is 1. The van der Waals surface area contributed by atoms with Gasteiger partial charge in [0.2, 0.25) is 5.91 Å². The summed E-state index contributed by atoms with van der Waals surface area (Å²) in [6.07, 6.45) is 2.34. The zero-order valence-corrected chi connectivity index (χ0v) is 8.81. The van der Waals surface area contributed by atoms with Crippen molar-refractivity contribution in [2.45, 2.75) is 13.3 Å². The molecule has 0 unspecified atom stereocenters. The maximum Gasteiger partial charge on any atom is 0.227 e. The second kappa shape index (κ2) is 3.98. The van der Waals surface area contributed by atoms with Crippen molar-refractivity contribution >= 4 is 16.8 Å². The lowest BCUT2D eigenvalue weighted by molar-refractivity contribution is 0.0941. The number of phenols is 1. The average Bonchev–Trinajstić information content (AvgIpc) is 2.67. The second-order valence-corrected chi connectivity index (χ2v) is 3.66. The summed E-state index contributed by atoms with van der Waals surface area (Å²) in [5.41, 5.74) is 7.14. The molecular formula is C12H14N2O2. The Morgan fingerprint density at radius 3 is 3.12 bits per heavy atom. The largest absolute Gasteiger partial charge is 0.508 e. The molecule has 0 spiro atoms. The number of nitrogens with zero attached hydrogens (tertiary/aromatic N) is 1. The summed E-state index contributed by atoms with van der Waals surface area (Å²) in [6.45, 7) is 0.177. The maximum atomic E-state index is 11.6. The number of fused-ring (bicyclic) bond motifs is 1. The smallest absolute Gasteiger partial charge is 0.227 e. The summed E-state index contributed by atoms with van der Waals surface area (Å²) in [5, 5.41) is 10.3. The number of hydrogen-bond acceptors (Lipinski definition) is 3. The molecule has 1 heterocycles. The van der Waals surface area contributed by atoms with E-state index in [9.17, 15) is 9.90 Å². The zero-order valence-electron chi connectivity index (χ0n) is 9.81. The van der Waals surface area contributed by atoms with Gasteiger partial charge in [0.05, 0.1) is 5.52 Å². The number of hydrogen-bond donors (Lipinski definition) is 2. The van der Waals surface area contributed by atoms with E-state index in [4.69, 9.17) is 7.10 Å². The number of nitrogens with two attached hydrogens (primary N) is 1. The van der Waals surface area contributed by atoms with Crippen LogP contribution >= 0.6 is 0 Å². The first-order chi connectivity index (χ1) is 8.17. The highest BCUT2D eigenvalue weighted by Crippen LogP contribution is 2.25. The van der Waals surface area contributed by atoms with E-state index in [1.807, 2.05) is 0 Å². The predicted octanol–water partition coefficient (Wildman–Crippen LogP) is 1.51. The molecule has 1 aromatic carbocycles. The van der Waals surface area contributed by atoms with Crippen molar-refractivity contribution in [3.63, 3.8) is 0 Å². The van der Waals surface area contributed by atoms with Gasteiger partial charge in [-0.1, -0.05) is 0 Å². The third kappa shape index (κ3) is 1.67. The number of benzene rings is 1. The summed E-state index contributed by atoms with van der Waals surface area (Å²) in [5.74, 6) is -0.129. The average molecular weight is 219 g/mol. The highest BCUT2D eigenvalue weighted by atomic mass is 16.3. The Balaban J connectivity index is 2.66. The summed E-state index contributed by atoms with van der Waals surface area (Å²) in [7, 11) is 0. The van der Waals surface area contributed by atoms with Crippen molar-refractivity contribution in [2.24, 2.45) is 5.73 Å². The minimum absolute atomic E-state index is 0.159. The molecule has 3 N–H and O–H groups in total. The fraction of sp³-hybridized carbons (Fsp3) is 0.250. The monoisotopic (exact) mass is 219 g/mol. The number of rotatable bonds is 2. The maximum absolute atomic E-state index is 11.6. The van der Waals surface area contributed by atoms with Gasteiger partial charge >= 0.3 is 0 Å². The number of carbonyl (C=O) groups is 1. The lowest BCUT2D eigenvalue weighted by atomic mass is 10.1. The van der Waals surface area contributed by atoms with Gasteiger partial charge in [-0.25, -0.2) is 0 Å². The van der Waals surface area contributed by atoms with Crippen LogP contribution in [0.3, 0.4) is 0 Å². The van der Waals surface area contributed by atoms with E-state index in [1.54, 1.807) is 18.3 Å². The summed E-state index contributed by atoms with van der Waals surface area (Å²) in [6, 6.07) is 4.83. The SMILES string of the molecule is [2H]CC(=O)n1cc(CCN)c2cc(O)ccc21. The highest BCUT2D eigenvalue weighted by Gasteiger charge is 2.10. The van der Waals surface area contributed by atoms with Crippen LogP contribution in [0.2, 0.25) is 0 Å². The third-order valence-electron chi connectivity index (χ3n) is 2.55. The minimum Gasteiger partial charge on any atom is -0.508 e. The van der Waals surface area contributed by atoms with Gasteiger partial charge in [0.25, 0.3) is 0 Å². The van der Waals surface area contributed by atoms with Crippen LogP contribution in [0.5, 0.6) is 5.75 Å².